The van der Waals surface area contributed by atoms with Crippen LogP contribution in [0.3, 0.4) is 0 Å². The maximum absolute atomic E-state index is 14.8. The van der Waals surface area contributed by atoms with E-state index in [1.807, 2.05) is 50.2 Å². The summed E-state index contributed by atoms with van der Waals surface area (Å²) in [5, 5.41) is 0.481. The summed E-state index contributed by atoms with van der Waals surface area (Å²) in [7, 11) is 0. The molecule has 0 bridgehead atoms. The third-order valence-electron chi connectivity index (χ3n) is 6.58. The smallest absolute Gasteiger partial charge is 0.266 e. The molecule has 0 saturated heterocycles. The van der Waals surface area contributed by atoms with E-state index in [1.165, 1.54) is 12.1 Å². The molecule has 38 heavy (non-hydrogen) atoms. The summed E-state index contributed by atoms with van der Waals surface area (Å²) in [6.45, 7) is 8.95. The van der Waals surface area contributed by atoms with Gasteiger partial charge in [0.05, 0.1) is 34.8 Å². The highest BCUT2D eigenvalue weighted by molar-refractivity contribution is 5.94. The van der Waals surface area contributed by atoms with Gasteiger partial charge in [0.2, 0.25) is 0 Å². The summed E-state index contributed by atoms with van der Waals surface area (Å²) < 4.78 is 21.9. The zero-order valence-electron chi connectivity index (χ0n) is 22.4. The molecule has 1 aromatic heterocycles. The van der Waals surface area contributed by atoms with Gasteiger partial charge < -0.3 is 9.64 Å². The van der Waals surface area contributed by atoms with E-state index in [2.05, 4.69) is 13.8 Å². The molecule has 0 radical (unpaired) electrons. The molecule has 1 heterocycles. The largest absolute Gasteiger partial charge is 0.494 e. The van der Waals surface area contributed by atoms with Crippen molar-refractivity contribution < 1.29 is 13.9 Å². The van der Waals surface area contributed by atoms with Gasteiger partial charge in [-0.3, -0.25) is 14.2 Å². The van der Waals surface area contributed by atoms with Crippen molar-refractivity contribution in [3.05, 3.63) is 100 Å². The third-order valence-corrected chi connectivity index (χ3v) is 6.58. The lowest BCUT2D eigenvalue weighted by Crippen LogP contribution is -2.39. The highest BCUT2D eigenvalue weighted by Gasteiger charge is 2.31. The number of fused-ring (bicyclic) bond motifs is 1. The molecular formula is C31H34FN3O3. The molecule has 0 spiro atoms. The Morgan fingerprint density at radius 1 is 1.00 bits per heavy atom. The summed E-state index contributed by atoms with van der Waals surface area (Å²) in [6.07, 6.45) is 1.21. The number of para-hydroxylation sites is 1. The van der Waals surface area contributed by atoms with E-state index >= 15 is 0 Å². The lowest BCUT2D eigenvalue weighted by Gasteiger charge is -2.33. The van der Waals surface area contributed by atoms with Crippen LogP contribution in [0.15, 0.2) is 77.6 Å². The van der Waals surface area contributed by atoms with Gasteiger partial charge in [-0.25, -0.2) is 9.37 Å². The molecule has 0 saturated carbocycles. The zero-order valence-corrected chi connectivity index (χ0v) is 22.4. The van der Waals surface area contributed by atoms with Crippen LogP contribution in [-0.4, -0.2) is 33.5 Å². The summed E-state index contributed by atoms with van der Waals surface area (Å²) >= 11 is 0. The van der Waals surface area contributed by atoms with Crippen molar-refractivity contribution in [3.8, 4) is 11.4 Å². The molecule has 4 rings (SSSR count). The fourth-order valence-electron chi connectivity index (χ4n) is 4.61. The second-order valence-corrected chi connectivity index (χ2v) is 9.64. The Balaban J connectivity index is 1.92. The second-order valence-electron chi connectivity index (χ2n) is 9.64. The predicted molar refractivity (Wildman–Crippen MR) is 148 cm³/mol. The van der Waals surface area contributed by atoms with Gasteiger partial charge in [-0.2, -0.15) is 0 Å². The first-order chi connectivity index (χ1) is 18.3. The minimum absolute atomic E-state index is 0.00506. The van der Waals surface area contributed by atoms with E-state index < -0.39 is 17.8 Å². The number of hydrogen-bond acceptors (Lipinski definition) is 4. The van der Waals surface area contributed by atoms with Gasteiger partial charge in [0.25, 0.3) is 11.5 Å². The molecule has 7 heteroatoms. The van der Waals surface area contributed by atoms with Gasteiger partial charge in [-0.1, -0.05) is 45.0 Å². The number of benzene rings is 3. The van der Waals surface area contributed by atoms with E-state index in [9.17, 15) is 14.0 Å². The predicted octanol–water partition coefficient (Wildman–Crippen LogP) is 6.56. The number of nitrogens with zero attached hydrogens (tertiary/aromatic N) is 3. The molecule has 0 fully saturated rings. The van der Waals surface area contributed by atoms with Crippen molar-refractivity contribution in [2.24, 2.45) is 5.92 Å². The molecule has 4 aromatic rings. The van der Waals surface area contributed by atoms with Crippen LogP contribution in [0, 0.1) is 11.7 Å². The molecule has 0 N–H and O–H groups in total. The van der Waals surface area contributed by atoms with Crippen LogP contribution in [0.1, 0.15) is 62.8 Å². The van der Waals surface area contributed by atoms with E-state index in [4.69, 9.17) is 9.72 Å². The van der Waals surface area contributed by atoms with Gasteiger partial charge in [-0.05, 0) is 74.2 Å². The standard InChI is InChI=1S/C31H34FN3O3/c1-5-28(34(20-19-21(3)4)30(36)24-11-7-9-13-26(24)32)29-33-27-14-10-8-12-25(27)31(37)35(29)22-15-17-23(18-16-22)38-6-2/h7-18,21,28H,5-6,19-20H2,1-4H3. The molecular weight excluding hydrogens is 481 g/mol. The number of carbonyl (C=O) groups excluding carboxylic acids is 1. The first-order valence-electron chi connectivity index (χ1n) is 13.2. The van der Waals surface area contributed by atoms with Crippen LogP contribution >= 0.6 is 0 Å². The number of hydrogen-bond donors (Lipinski definition) is 0. The van der Waals surface area contributed by atoms with Crippen LogP contribution in [0.25, 0.3) is 16.6 Å². The van der Waals surface area contributed by atoms with Crippen LogP contribution in [0.2, 0.25) is 0 Å². The van der Waals surface area contributed by atoms with E-state index in [-0.39, 0.29) is 11.1 Å². The van der Waals surface area contributed by atoms with Crippen LogP contribution in [-0.2, 0) is 0 Å². The number of carbonyl (C=O) groups is 1. The van der Waals surface area contributed by atoms with Gasteiger partial charge in [0.15, 0.2) is 0 Å². The van der Waals surface area contributed by atoms with Crippen molar-refractivity contribution in [2.45, 2.75) is 46.6 Å². The molecule has 198 valence electrons. The van der Waals surface area contributed by atoms with Crippen LogP contribution in [0.5, 0.6) is 5.75 Å². The Bertz CT molecular complexity index is 1460. The van der Waals surface area contributed by atoms with Crippen LogP contribution < -0.4 is 10.3 Å². The first kappa shape index (κ1) is 27.0. The average molecular weight is 516 g/mol. The summed E-state index contributed by atoms with van der Waals surface area (Å²) in [5.41, 5.74) is 0.948. The van der Waals surface area contributed by atoms with Crippen molar-refractivity contribution in [2.75, 3.05) is 13.2 Å². The lowest BCUT2D eigenvalue weighted by molar-refractivity contribution is 0.0644. The number of amides is 1. The minimum Gasteiger partial charge on any atom is -0.494 e. The number of ether oxygens (including phenoxy) is 1. The molecule has 0 aliphatic carbocycles. The Morgan fingerprint density at radius 2 is 1.68 bits per heavy atom. The molecule has 6 nitrogen and oxygen atoms in total. The maximum Gasteiger partial charge on any atom is 0.266 e. The second kappa shape index (κ2) is 12.0. The third kappa shape index (κ3) is 5.62. The number of rotatable bonds is 10. The maximum atomic E-state index is 14.8. The van der Waals surface area contributed by atoms with Gasteiger partial charge in [-0.15, -0.1) is 0 Å². The molecule has 1 amide bonds. The van der Waals surface area contributed by atoms with Gasteiger partial charge in [0.1, 0.15) is 17.4 Å². The summed E-state index contributed by atoms with van der Waals surface area (Å²) in [5.74, 6) is 0.462. The lowest BCUT2D eigenvalue weighted by atomic mass is 10.0. The molecule has 3 aromatic carbocycles. The molecule has 1 atom stereocenters. The van der Waals surface area contributed by atoms with Crippen molar-refractivity contribution in [1.82, 2.24) is 14.5 Å². The number of halogens is 1. The van der Waals surface area contributed by atoms with Crippen molar-refractivity contribution >= 4 is 16.8 Å². The zero-order chi connectivity index (χ0) is 27.2. The van der Waals surface area contributed by atoms with Crippen LogP contribution in [0.4, 0.5) is 4.39 Å². The topological polar surface area (TPSA) is 64.4 Å². The molecule has 0 aliphatic rings. The minimum atomic E-state index is -0.572. The van der Waals surface area contributed by atoms with Gasteiger partial charge >= 0.3 is 0 Å². The molecule has 1 unspecified atom stereocenters. The highest BCUT2D eigenvalue weighted by Crippen LogP contribution is 2.29. The quantitative estimate of drug-likeness (QED) is 0.240. The van der Waals surface area contributed by atoms with E-state index in [1.54, 1.807) is 33.7 Å². The highest BCUT2D eigenvalue weighted by atomic mass is 19.1. The monoisotopic (exact) mass is 515 g/mol. The Kier molecular flexibility index (Phi) is 8.56. The van der Waals surface area contributed by atoms with Crippen molar-refractivity contribution in [1.29, 1.82) is 0 Å². The average Bonchev–Trinajstić information content (AvgIpc) is 2.91. The Hall–Kier alpha value is -4.00. The SMILES string of the molecule is CCOc1ccc(-n2c(C(CC)N(CCC(C)C)C(=O)c3ccccc3F)nc3ccccc3c2=O)cc1. The Morgan fingerprint density at radius 3 is 2.34 bits per heavy atom. The Labute approximate surface area is 222 Å². The molecule has 0 aliphatic heterocycles. The van der Waals surface area contributed by atoms with E-state index in [0.717, 1.165) is 6.42 Å². The normalized spacial score (nSPS) is 12.1. The summed E-state index contributed by atoms with van der Waals surface area (Å²) in [6, 6.07) is 19.9. The van der Waals surface area contributed by atoms with Gasteiger partial charge in [0, 0.05) is 6.54 Å². The fourth-order valence-corrected chi connectivity index (χ4v) is 4.61. The van der Waals surface area contributed by atoms with E-state index in [0.29, 0.717) is 53.7 Å². The number of aromatic nitrogens is 2. The fraction of sp³-hybridized carbons (Fsp3) is 0.323. The first-order valence-corrected chi connectivity index (χ1v) is 13.2. The summed E-state index contributed by atoms with van der Waals surface area (Å²) in [4.78, 5) is 34.3. The van der Waals surface area contributed by atoms with Crippen molar-refractivity contribution in [3.63, 3.8) is 0 Å².